The van der Waals surface area contributed by atoms with Crippen LogP contribution in [0.3, 0.4) is 0 Å². The van der Waals surface area contributed by atoms with Crippen molar-refractivity contribution in [1.82, 2.24) is 5.32 Å². The maximum absolute atomic E-state index is 12.9. The molecule has 3 atom stereocenters. The summed E-state index contributed by atoms with van der Waals surface area (Å²) in [5, 5.41) is 13.8. The summed E-state index contributed by atoms with van der Waals surface area (Å²) in [6.07, 6.45) is 54.2. The molecule has 8 nitrogen and oxygen atoms in total. The molecule has 62 heavy (non-hydrogen) atoms. The minimum Gasteiger partial charge on any atom is -0.756 e. The fourth-order valence-electron chi connectivity index (χ4n) is 8.21. The highest BCUT2D eigenvalue weighted by molar-refractivity contribution is 7.45. The van der Waals surface area contributed by atoms with Gasteiger partial charge in [-0.05, 0) is 19.3 Å². The van der Waals surface area contributed by atoms with E-state index in [0.717, 1.165) is 38.5 Å². The minimum atomic E-state index is -4.59. The molecular formula is C53H107N2O6P. The van der Waals surface area contributed by atoms with Crippen LogP contribution in [0.2, 0.25) is 0 Å². The third kappa shape index (κ3) is 47.2. The lowest BCUT2D eigenvalue weighted by Crippen LogP contribution is -2.45. The zero-order chi connectivity index (χ0) is 45.7. The van der Waals surface area contributed by atoms with Gasteiger partial charge < -0.3 is 28.8 Å². The topological polar surface area (TPSA) is 108 Å². The Morgan fingerprint density at radius 2 is 0.871 bits per heavy atom. The van der Waals surface area contributed by atoms with Gasteiger partial charge in [0.2, 0.25) is 5.91 Å². The van der Waals surface area contributed by atoms with Crippen LogP contribution in [0, 0.1) is 0 Å². The number of carbonyl (C=O) groups excluding carboxylic acids is 1. The second kappa shape index (κ2) is 45.4. The maximum Gasteiger partial charge on any atom is 0.268 e. The van der Waals surface area contributed by atoms with Gasteiger partial charge in [0.1, 0.15) is 13.2 Å². The van der Waals surface area contributed by atoms with Crippen LogP contribution in [0.1, 0.15) is 271 Å². The molecular weight excluding hydrogens is 792 g/mol. The molecule has 0 saturated carbocycles. The van der Waals surface area contributed by atoms with Crippen LogP contribution in [-0.4, -0.2) is 68.5 Å². The molecule has 0 aliphatic carbocycles. The molecule has 0 spiro atoms. The number of amides is 1. The van der Waals surface area contributed by atoms with Crippen molar-refractivity contribution in [2.45, 2.75) is 283 Å². The van der Waals surface area contributed by atoms with Gasteiger partial charge in [-0.3, -0.25) is 9.36 Å². The second-order valence-electron chi connectivity index (χ2n) is 19.9. The van der Waals surface area contributed by atoms with Crippen LogP contribution in [0.15, 0.2) is 12.2 Å². The van der Waals surface area contributed by atoms with E-state index in [1.165, 1.54) is 212 Å². The molecule has 0 fully saturated rings. The van der Waals surface area contributed by atoms with Crippen molar-refractivity contribution in [3.63, 3.8) is 0 Å². The first-order valence-corrected chi connectivity index (χ1v) is 28.5. The highest BCUT2D eigenvalue weighted by atomic mass is 31.2. The van der Waals surface area contributed by atoms with Crippen molar-refractivity contribution in [3.05, 3.63) is 12.2 Å². The molecule has 0 aromatic rings. The number of unbranched alkanes of at least 4 members (excludes halogenated alkanes) is 37. The van der Waals surface area contributed by atoms with E-state index in [0.29, 0.717) is 17.4 Å². The minimum absolute atomic E-state index is 0.00245. The Morgan fingerprint density at radius 3 is 1.21 bits per heavy atom. The number of allylic oxidation sites excluding steroid dienone is 1. The number of quaternary nitrogens is 1. The zero-order valence-corrected chi connectivity index (χ0v) is 43.0. The quantitative estimate of drug-likeness (QED) is 0.0272. The Hall–Kier alpha value is -0.760. The Bertz CT molecular complexity index is 1020. The van der Waals surface area contributed by atoms with Crippen molar-refractivity contribution in [2.24, 2.45) is 0 Å². The maximum atomic E-state index is 12.9. The third-order valence-corrected chi connectivity index (χ3v) is 13.5. The first-order chi connectivity index (χ1) is 30.0. The van der Waals surface area contributed by atoms with Gasteiger partial charge >= 0.3 is 0 Å². The third-order valence-electron chi connectivity index (χ3n) is 12.5. The van der Waals surface area contributed by atoms with E-state index in [4.69, 9.17) is 9.05 Å². The summed E-state index contributed by atoms with van der Waals surface area (Å²) in [5.41, 5.74) is 0. The molecule has 0 rings (SSSR count). The van der Waals surface area contributed by atoms with Gasteiger partial charge in [-0.2, -0.15) is 0 Å². The van der Waals surface area contributed by atoms with Crippen LogP contribution < -0.4 is 10.2 Å². The lowest BCUT2D eigenvalue weighted by Gasteiger charge is -2.29. The van der Waals surface area contributed by atoms with Crippen molar-refractivity contribution in [3.8, 4) is 0 Å². The molecule has 370 valence electrons. The number of phosphoric ester groups is 1. The normalized spacial score (nSPS) is 14.1. The summed E-state index contributed by atoms with van der Waals surface area (Å²) in [5.74, 6) is -0.191. The first-order valence-electron chi connectivity index (χ1n) is 27.1. The smallest absolute Gasteiger partial charge is 0.268 e. The molecule has 1 amide bonds. The largest absolute Gasteiger partial charge is 0.756 e. The SMILES string of the molecule is CCCCCCCCCCCCCCC/C=C/[C@@H](O)[C@H](COP(=O)([O-])OCC[N+](C)(C)C)NC(=O)CCCCCCCCCCCCCCCCCCCCCCCCCCC. The summed E-state index contributed by atoms with van der Waals surface area (Å²) in [7, 11) is 1.28. The Labute approximate surface area is 386 Å². The Morgan fingerprint density at radius 1 is 0.548 bits per heavy atom. The standard InChI is InChI=1S/C53H107N2O6P/c1-6-8-10-12-14-16-18-20-22-23-24-25-26-27-28-29-30-31-33-35-37-39-41-43-45-47-53(57)54-51(50-61-62(58,59)60-49-48-55(3,4)5)52(56)46-44-42-40-38-36-34-32-21-19-17-15-13-11-9-7-2/h44,46,51-52,56H,6-43,45,47-50H2,1-5H3,(H-,54,57,58,59)/b46-44+/t51-,52+/m0/s1. The van der Waals surface area contributed by atoms with Gasteiger partial charge in [-0.1, -0.05) is 257 Å². The first kappa shape index (κ1) is 61.2. The fourth-order valence-corrected chi connectivity index (χ4v) is 8.94. The predicted octanol–water partition coefficient (Wildman–Crippen LogP) is 15.2. The molecule has 0 aliphatic rings. The van der Waals surface area contributed by atoms with Crippen LogP contribution in [-0.2, 0) is 18.4 Å². The highest BCUT2D eigenvalue weighted by Crippen LogP contribution is 2.38. The number of carbonyl (C=O) groups is 1. The van der Waals surface area contributed by atoms with Crippen LogP contribution in [0.5, 0.6) is 0 Å². The number of aliphatic hydroxyl groups is 1. The molecule has 0 saturated heterocycles. The summed E-state index contributed by atoms with van der Waals surface area (Å²) < 4.78 is 23.3. The average molecular weight is 899 g/mol. The number of nitrogens with one attached hydrogen (secondary N) is 1. The van der Waals surface area contributed by atoms with Gasteiger partial charge in [0.05, 0.1) is 39.9 Å². The van der Waals surface area contributed by atoms with Gasteiger partial charge in [0.25, 0.3) is 7.82 Å². The lowest BCUT2D eigenvalue weighted by molar-refractivity contribution is -0.870. The van der Waals surface area contributed by atoms with E-state index < -0.39 is 20.0 Å². The van der Waals surface area contributed by atoms with Crippen molar-refractivity contribution < 1.29 is 32.9 Å². The van der Waals surface area contributed by atoms with E-state index in [9.17, 15) is 19.4 Å². The summed E-state index contributed by atoms with van der Waals surface area (Å²) in [6.45, 7) is 4.69. The van der Waals surface area contributed by atoms with Crippen LogP contribution in [0.4, 0.5) is 0 Å². The molecule has 9 heteroatoms. The fraction of sp³-hybridized carbons (Fsp3) is 0.943. The van der Waals surface area contributed by atoms with Crippen LogP contribution >= 0.6 is 7.82 Å². The van der Waals surface area contributed by atoms with Gasteiger partial charge in [-0.25, -0.2) is 0 Å². The molecule has 0 heterocycles. The molecule has 0 radical (unpaired) electrons. The van der Waals surface area contributed by atoms with E-state index in [-0.39, 0.29) is 19.1 Å². The van der Waals surface area contributed by atoms with Gasteiger partial charge in [0, 0.05) is 6.42 Å². The van der Waals surface area contributed by atoms with Crippen molar-refractivity contribution >= 4 is 13.7 Å². The number of aliphatic hydroxyl groups excluding tert-OH is 1. The zero-order valence-electron chi connectivity index (χ0n) is 42.1. The lowest BCUT2D eigenvalue weighted by atomic mass is 10.0. The molecule has 0 bridgehead atoms. The molecule has 0 aromatic heterocycles. The summed E-state index contributed by atoms with van der Waals surface area (Å²) >= 11 is 0. The predicted molar refractivity (Wildman–Crippen MR) is 266 cm³/mol. The van der Waals surface area contributed by atoms with Crippen molar-refractivity contribution in [2.75, 3.05) is 40.9 Å². The number of hydrogen-bond donors (Lipinski definition) is 2. The molecule has 1 unspecified atom stereocenters. The number of hydrogen-bond acceptors (Lipinski definition) is 6. The summed E-state index contributed by atoms with van der Waals surface area (Å²) in [6, 6.07) is -0.881. The molecule has 0 aliphatic heterocycles. The molecule has 0 aromatic carbocycles. The highest BCUT2D eigenvalue weighted by Gasteiger charge is 2.23. The van der Waals surface area contributed by atoms with Gasteiger partial charge in [-0.15, -0.1) is 0 Å². The average Bonchev–Trinajstić information content (AvgIpc) is 3.23. The van der Waals surface area contributed by atoms with Crippen molar-refractivity contribution in [1.29, 1.82) is 0 Å². The van der Waals surface area contributed by atoms with E-state index in [1.807, 2.05) is 27.2 Å². The van der Waals surface area contributed by atoms with E-state index in [1.54, 1.807) is 6.08 Å². The Balaban J connectivity index is 4.16. The van der Waals surface area contributed by atoms with Crippen LogP contribution in [0.25, 0.3) is 0 Å². The number of nitrogens with zero attached hydrogens (tertiary/aromatic N) is 1. The number of rotatable bonds is 50. The number of likely N-dealkylation sites (N-methyl/N-ethyl adjacent to an activating group) is 1. The summed E-state index contributed by atoms with van der Waals surface area (Å²) in [4.78, 5) is 25.4. The van der Waals surface area contributed by atoms with Gasteiger partial charge in [0.15, 0.2) is 0 Å². The second-order valence-corrected chi connectivity index (χ2v) is 21.4. The van der Waals surface area contributed by atoms with E-state index >= 15 is 0 Å². The number of phosphoric acid groups is 1. The monoisotopic (exact) mass is 899 g/mol. The van der Waals surface area contributed by atoms with E-state index in [2.05, 4.69) is 19.2 Å². The molecule has 2 N–H and O–H groups in total. The Kier molecular flexibility index (Phi) is 44.8.